The van der Waals surface area contributed by atoms with Crippen molar-refractivity contribution in [2.75, 3.05) is 4.90 Å². The van der Waals surface area contributed by atoms with E-state index in [1.165, 1.54) is 0 Å². The summed E-state index contributed by atoms with van der Waals surface area (Å²) in [6, 6.07) is 22.9. The number of aromatic nitrogens is 2. The second-order valence-electron chi connectivity index (χ2n) is 7.25. The van der Waals surface area contributed by atoms with Crippen molar-refractivity contribution in [3.8, 4) is 11.5 Å². The molecule has 5 rings (SSSR count). The first-order valence-corrected chi connectivity index (χ1v) is 9.90. The van der Waals surface area contributed by atoms with E-state index in [4.69, 9.17) is 9.47 Å². The summed E-state index contributed by atoms with van der Waals surface area (Å²) in [6.45, 7) is 2.22. The van der Waals surface area contributed by atoms with Crippen LogP contribution in [0.4, 0.5) is 5.69 Å². The van der Waals surface area contributed by atoms with E-state index in [1.807, 2.05) is 90.3 Å². The summed E-state index contributed by atoms with van der Waals surface area (Å²) in [5.41, 5.74) is 2.54. The van der Waals surface area contributed by atoms with Crippen LogP contribution >= 0.6 is 0 Å². The van der Waals surface area contributed by atoms with Crippen molar-refractivity contribution in [3.05, 3.63) is 90.9 Å². The van der Waals surface area contributed by atoms with Gasteiger partial charge in [-0.2, -0.15) is 0 Å². The zero-order valence-electron chi connectivity index (χ0n) is 16.5. The van der Waals surface area contributed by atoms with E-state index in [0.29, 0.717) is 18.0 Å². The van der Waals surface area contributed by atoms with Crippen LogP contribution in [0.15, 0.2) is 85.2 Å². The van der Waals surface area contributed by atoms with E-state index in [2.05, 4.69) is 4.98 Å². The molecule has 2 aromatic heterocycles. The number of amides is 1. The Morgan fingerprint density at radius 3 is 2.47 bits per heavy atom. The van der Waals surface area contributed by atoms with Gasteiger partial charge in [0.15, 0.2) is 11.5 Å². The molecule has 0 bridgehead atoms. The second-order valence-corrected chi connectivity index (χ2v) is 7.25. The van der Waals surface area contributed by atoms with Gasteiger partial charge in [-0.05, 0) is 43.3 Å². The molecular formula is C24H21N3O3. The van der Waals surface area contributed by atoms with E-state index >= 15 is 0 Å². The summed E-state index contributed by atoms with van der Waals surface area (Å²) in [4.78, 5) is 19.9. The summed E-state index contributed by atoms with van der Waals surface area (Å²) in [7, 11) is 0. The molecule has 0 N–H and O–H groups in total. The highest BCUT2D eigenvalue weighted by molar-refractivity contribution is 5.97. The Kier molecular flexibility index (Phi) is 4.59. The summed E-state index contributed by atoms with van der Waals surface area (Å²) in [6.07, 6.45) is 2.58. The number of pyridine rings is 1. The molecule has 1 aliphatic rings. The lowest BCUT2D eigenvalue weighted by atomic mass is 10.1. The molecule has 150 valence electrons. The van der Waals surface area contributed by atoms with Crippen LogP contribution in [0.1, 0.15) is 12.6 Å². The Morgan fingerprint density at radius 2 is 1.67 bits per heavy atom. The number of benzene rings is 2. The van der Waals surface area contributed by atoms with Crippen LogP contribution in [-0.2, 0) is 11.3 Å². The number of imidazole rings is 1. The van der Waals surface area contributed by atoms with Crippen LogP contribution in [0.2, 0.25) is 0 Å². The third-order valence-electron chi connectivity index (χ3n) is 5.23. The SMILES string of the molecule is C[C@H]1Oc2ccccc2O[C@@H]1C(=O)N(Cc1cnc2ccccn12)c1ccccc1. The molecule has 1 amide bonds. The highest BCUT2D eigenvalue weighted by Crippen LogP contribution is 2.34. The first kappa shape index (κ1) is 18.2. The quantitative estimate of drug-likeness (QED) is 0.519. The van der Waals surface area contributed by atoms with E-state index in [1.54, 1.807) is 11.1 Å². The third-order valence-corrected chi connectivity index (χ3v) is 5.23. The molecule has 0 unspecified atom stereocenters. The van der Waals surface area contributed by atoms with E-state index in [0.717, 1.165) is 17.0 Å². The van der Waals surface area contributed by atoms with Crippen LogP contribution in [0.25, 0.3) is 5.65 Å². The molecule has 1 aliphatic heterocycles. The molecule has 0 aliphatic carbocycles. The molecule has 4 aromatic rings. The van der Waals surface area contributed by atoms with Crippen LogP contribution in [-0.4, -0.2) is 27.5 Å². The van der Waals surface area contributed by atoms with E-state index in [9.17, 15) is 4.79 Å². The highest BCUT2D eigenvalue weighted by Gasteiger charge is 2.37. The Bertz CT molecular complexity index is 1190. The summed E-state index contributed by atoms with van der Waals surface area (Å²) < 4.78 is 14.0. The average molecular weight is 399 g/mol. The fourth-order valence-electron chi connectivity index (χ4n) is 3.71. The predicted octanol–water partition coefficient (Wildman–Crippen LogP) is 4.10. The maximum atomic E-state index is 13.7. The maximum absolute atomic E-state index is 13.7. The minimum Gasteiger partial charge on any atom is -0.482 e. The molecule has 0 spiro atoms. The zero-order valence-corrected chi connectivity index (χ0v) is 16.5. The number of nitrogens with zero attached hydrogens (tertiary/aromatic N) is 3. The van der Waals surface area contributed by atoms with Gasteiger partial charge in [-0.15, -0.1) is 0 Å². The van der Waals surface area contributed by atoms with Gasteiger partial charge in [0.05, 0.1) is 18.4 Å². The standard InChI is InChI=1S/C24H21N3O3/c1-17-23(30-21-12-6-5-11-20(21)29-17)24(28)27(18-9-3-2-4-10-18)16-19-15-25-22-13-7-8-14-26(19)22/h2-15,17,23H,16H2,1H3/t17-,23+/m1/s1. The number of carbonyl (C=O) groups excluding carboxylic acids is 1. The minimum atomic E-state index is -0.751. The molecule has 30 heavy (non-hydrogen) atoms. The molecule has 6 nitrogen and oxygen atoms in total. The summed E-state index contributed by atoms with van der Waals surface area (Å²) >= 11 is 0. The first-order chi connectivity index (χ1) is 14.7. The summed E-state index contributed by atoms with van der Waals surface area (Å²) in [5.74, 6) is 1.08. The van der Waals surface area contributed by atoms with Crippen molar-refractivity contribution in [1.29, 1.82) is 0 Å². The molecule has 0 saturated heterocycles. The van der Waals surface area contributed by atoms with Gasteiger partial charge >= 0.3 is 0 Å². The number of carbonyl (C=O) groups is 1. The van der Waals surface area contributed by atoms with Gasteiger partial charge in [0, 0.05) is 11.9 Å². The lowest BCUT2D eigenvalue weighted by Crippen LogP contribution is -2.50. The van der Waals surface area contributed by atoms with Crippen molar-refractivity contribution in [3.63, 3.8) is 0 Å². The second kappa shape index (κ2) is 7.55. The van der Waals surface area contributed by atoms with Gasteiger partial charge in [0.25, 0.3) is 5.91 Å². The van der Waals surface area contributed by atoms with Crippen molar-refractivity contribution >= 4 is 17.2 Å². The van der Waals surface area contributed by atoms with Gasteiger partial charge in [-0.25, -0.2) is 4.98 Å². The normalized spacial score (nSPS) is 17.6. The Morgan fingerprint density at radius 1 is 0.967 bits per heavy atom. The number of fused-ring (bicyclic) bond motifs is 2. The molecule has 2 aromatic carbocycles. The maximum Gasteiger partial charge on any atom is 0.272 e. The number of ether oxygens (including phenoxy) is 2. The monoisotopic (exact) mass is 399 g/mol. The summed E-state index contributed by atoms with van der Waals surface area (Å²) in [5, 5.41) is 0. The zero-order chi connectivity index (χ0) is 20.5. The highest BCUT2D eigenvalue weighted by atomic mass is 16.6. The number of para-hydroxylation sites is 3. The molecule has 3 heterocycles. The number of hydrogen-bond acceptors (Lipinski definition) is 4. The Labute approximate surface area is 174 Å². The fraction of sp³-hybridized carbons (Fsp3) is 0.167. The number of rotatable bonds is 4. The van der Waals surface area contributed by atoms with Crippen molar-refractivity contribution < 1.29 is 14.3 Å². The smallest absolute Gasteiger partial charge is 0.272 e. The van der Waals surface area contributed by atoms with Gasteiger partial charge in [0.1, 0.15) is 11.8 Å². The number of anilines is 1. The molecule has 0 fully saturated rings. The van der Waals surface area contributed by atoms with Crippen molar-refractivity contribution in [2.45, 2.75) is 25.7 Å². The van der Waals surface area contributed by atoms with Gasteiger partial charge in [0.2, 0.25) is 6.10 Å². The van der Waals surface area contributed by atoms with E-state index in [-0.39, 0.29) is 5.91 Å². The Hall–Kier alpha value is -3.80. The molecule has 2 atom stereocenters. The van der Waals surface area contributed by atoms with Crippen molar-refractivity contribution in [1.82, 2.24) is 9.38 Å². The average Bonchev–Trinajstić information content (AvgIpc) is 3.20. The lowest BCUT2D eigenvalue weighted by Gasteiger charge is -2.34. The third kappa shape index (κ3) is 3.26. The topological polar surface area (TPSA) is 56.1 Å². The molecule has 0 radical (unpaired) electrons. The lowest BCUT2D eigenvalue weighted by molar-refractivity contribution is -0.130. The molecule has 6 heteroatoms. The van der Waals surface area contributed by atoms with Crippen LogP contribution in [0.3, 0.4) is 0 Å². The van der Waals surface area contributed by atoms with Gasteiger partial charge < -0.3 is 18.8 Å². The van der Waals surface area contributed by atoms with Crippen LogP contribution in [0.5, 0.6) is 11.5 Å². The van der Waals surface area contributed by atoms with E-state index < -0.39 is 12.2 Å². The molecular weight excluding hydrogens is 378 g/mol. The Balaban J connectivity index is 1.50. The molecule has 0 saturated carbocycles. The van der Waals surface area contributed by atoms with Crippen molar-refractivity contribution in [2.24, 2.45) is 0 Å². The largest absolute Gasteiger partial charge is 0.482 e. The first-order valence-electron chi connectivity index (χ1n) is 9.90. The predicted molar refractivity (Wildman–Crippen MR) is 114 cm³/mol. The number of hydrogen-bond donors (Lipinski definition) is 0. The van der Waals surface area contributed by atoms with Crippen LogP contribution in [0, 0.1) is 0 Å². The van der Waals surface area contributed by atoms with Gasteiger partial charge in [-0.1, -0.05) is 36.4 Å². The van der Waals surface area contributed by atoms with Gasteiger partial charge in [-0.3, -0.25) is 4.79 Å². The van der Waals surface area contributed by atoms with Crippen LogP contribution < -0.4 is 14.4 Å². The fourth-order valence-corrected chi connectivity index (χ4v) is 3.71. The minimum absolute atomic E-state index is 0.158.